The van der Waals surface area contributed by atoms with Crippen molar-refractivity contribution in [3.63, 3.8) is 0 Å². The van der Waals surface area contributed by atoms with Crippen molar-refractivity contribution in [2.75, 3.05) is 40.9 Å². The van der Waals surface area contributed by atoms with Crippen LogP contribution in [-0.4, -0.2) is 51.7 Å². The second-order valence-electron chi connectivity index (χ2n) is 5.06. The quantitative estimate of drug-likeness (QED) is 0.900. The Morgan fingerprint density at radius 2 is 1.90 bits per heavy atom. The fourth-order valence-corrected chi connectivity index (χ4v) is 2.59. The van der Waals surface area contributed by atoms with Gasteiger partial charge >= 0.3 is 0 Å². The molecule has 1 N–H and O–H groups in total. The Kier molecular flexibility index (Phi) is 6.78. The summed E-state index contributed by atoms with van der Waals surface area (Å²) in [5, 5.41) is 3.17. The highest BCUT2D eigenvalue weighted by Crippen LogP contribution is 2.25. The molecule has 0 bridgehead atoms. The molecule has 1 aromatic carbocycles. The van der Waals surface area contributed by atoms with E-state index in [1.54, 1.807) is 32.4 Å². The number of benzene rings is 1. The molecule has 0 aliphatic carbocycles. The van der Waals surface area contributed by atoms with Crippen molar-refractivity contribution in [2.24, 2.45) is 5.92 Å². The molecule has 1 aliphatic heterocycles. The van der Waals surface area contributed by atoms with E-state index in [-0.39, 0.29) is 18.3 Å². The third kappa shape index (κ3) is 4.25. The minimum absolute atomic E-state index is 0. The second-order valence-corrected chi connectivity index (χ2v) is 5.06. The van der Waals surface area contributed by atoms with E-state index in [0.717, 1.165) is 26.1 Å². The fraction of sp³-hybridized carbons (Fsp3) is 0.533. The van der Waals surface area contributed by atoms with E-state index in [4.69, 9.17) is 9.47 Å². The second kappa shape index (κ2) is 8.10. The summed E-state index contributed by atoms with van der Waals surface area (Å²) in [4.78, 5) is 14.4. The first-order valence-corrected chi connectivity index (χ1v) is 6.85. The van der Waals surface area contributed by atoms with Gasteiger partial charge in [0, 0.05) is 24.7 Å². The van der Waals surface area contributed by atoms with Crippen LogP contribution in [0.3, 0.4) is 0 Å². The fourth-order valence-electron chi connectivity index (χ4n) is 2.59. The number of amides is 1. The molecule has 1 aliphatic rings. The third-order valence-electron chi connectivity index (χ3n) is 3.66. The predicted molar refractivity (Wildman–Crippen MR) is 84.7 cm³/mol. The number of halogens is 1. The number of carbonyl (C=O) groups excluding carboxylic acids is 1. The van der Waals surface area contributed by atoms with Crippen molar-refractivity contribution in [2.45, 2.75) is 6.42 Å². The molecule has 6 heteroatoms. The largest absolute Gasteiger partial charge is 0.497 e. The van der Waals surface area contributed by atoms with Crippen molar-refractivity contribution < 1.29 is 14.3 Å². The molecular weight excluding hydrogens is 292 g/mol. The van der Waals surface area contributed by atoms with Gasteiger partial charge in [-0.3, -0.25) is 4.79 Å². The monoisotopic (exact) mass is 314 g/mol. The van der Waals surface area contributed by atoms with Crippen LogP contribution in [-0.2, 0) is 0 Å². The number of hydrogen-bond acceptors (Lipinski definition) is 4. The Morgan fingerprint density at radius 1 is 1.29 bits per heavy atom. The molecule has 0 aromatic heterocycles. The summed E-state index contributed by atoms with van der Waals surface area (Å²) in [6.07, 6.45) is 1.05. The van der Waals surface area contributed by atoms with Gasteiger partial charge < -0.3 is 19.7 Å². The molecule has 1 unspecified atom stereocenters. The maximum absolute atomic E-state index is 12.5. The highest BCUT2D eigenvalue weighted by Gasteiger charge is 2.26. The van der Waals surface area contributed by atoms with Gasteiger partial charge in [-0.1, -0.05) is 0 Å². The van der Waals surface area contributed by atoms with E-state index in [2.05, 4.69) is 5.32 Å². The summed E-state index contributed by atoms with van der Waals surface area (Å²) in [6.45, 7) is 2.56. The Morgan fingerprint density at radius 3 is 2.43 bits per heavy atom. The van der Waals surface area contributed by atoms with Crippen LogP contribution in [0.1, 0.15) is 16.8 Å². The lowest BCUT2D eigenvalue weighted by molar-refractivity contribution is 0.0786. The lowest BCUT2D eigenvalue weighted by atomic mass is 10.1. The number of hydrogen-bond donors (Lipinski definition) is 1. The number of carbonyl (C=O) groups is 1. The van der Waals surface area contributed by atoms with E-state index in [1.807, 2.05) is 11.9 Å². The number of ether oxygens (including phenoxy) is 2. The maximum Gasteiger partial charge on any atom is 0.254 e. The molecule has 2 rings (SSSR count). The minimum atomic E-state index is 0. The van der Waals surface area contributed by atoms with Crippen molar-refractivity contribution in [1.29, 1.82) is 0 Å². The Balaban J connectivity index is 0.00000220. The van der Waals surface area contributed by atoms with Crippen molar-refractivity contribution in [3.8, 4) is 11.5 Å². The highest BCUT2D eigenvalue weighted by molar-refractivity contribution is 5.95. The molecule has 1 saturated heterocycles. The number of methoxy groups -OCH3 is 2. The van der Waals surface area contributed by atoms with Crippen LogP contribution in [0.4, 0.5) is 0 Å². The van der Waals surface area contributed by atoms with Gasteiger partial charge in [-0.25, -0.2) is 0 Å². The minimum Gasteiger partial charge on any atom is -0.497 e. The van der Waals surface area contributed by atoms with Gasteiger partial charge in [0.05, 0.1) is 14.2 Å². The molecule has 1 heterocycles. The molecule has 1 aromatic rings. The van der Waals surface area contributed by atoms with E-state index in [1.165, 1.54) is 0 Å². The van der Waals surface area contributed by atoms with Gasteiger partial charge in [0.15, 0.2) is 0 Å². The lowest BCUT2D eigenvalue weighted by Gasteiger charge is -2.17. The lowest BCUT2D eigenvalue weighted by Crippen LogP contribution is -2.30. The molecule has 1 atom stereocenters. The third-order valence-corrected chi connectivity index (χ3v) is 3.66. The van der Waals surface area contributed by atoms with Crippen LogP contribution in [0.5, 0.6) is 11.5 Å². The van der Waals surface area contributed by atoms with Crippen LogP contribution in [0.25, 0.3) is 0 Å². The SMILES string of the molecule is CNCC1CCN(C(=O)c2cc(OC)cc(OC)c2)C1.Cl. The summed E-state index contributed by atoms with van der Waals surface area (Å²) in [7, 11) is 5.11. The molecule has 1 amide bonds. The van der Waals surface area contributed by atoms with Gasteiger partial charge in [-0.15, -0.1) is 12.4 Å². The van der Waals surface area contributed by atoms with Crippen LogP contribution < -0.4 is 14.8 Å². The topological polar surface area (TPSA) is 50.8 Å². The molecule has 0 saturated carbocycles. The smallest absolute Gasteiger partial charge is 0.254 e. The van der Waals surface area contributed by atoms with Crippen LogP contribution in [0, 0.1) is 5.92 Å². The summed E-state index contributed by atoms with van der Waals surface area (Å²) >= 11 is 0. The van der Waals surface area contributed by atoms with Crippen LogP contribution in [0.15, 0.2) is 18.2 Å². The molecular formula is C15H23ClN2O3. The van der Waals surface area contributed by atoms with E-state index in [9.17, 15) is 4.79 Å². The number of likely N-dealkylation sites (tertiary alicyclic amines) is 1. The van der Waals surface area contributed by atoms with Crippen LogP contribution >= 0.6 is 12.4 Å². The standard InChI is InChI=1S/C15H22N2O3.ClH/c1-16-9-11-4-5-17(10-11)15(18)12-6-13(19-2)8-14(7-12)20-3;/h6-8,11,16H,4-5,9-10H2,1-3H3;1H. The van der Waals surface area contributed by atoms with E-state index in [0.29, 0.717) is 23.0 Å². The van der Waals surface area contributed by atoms with Crippen molar-refractivity contribution in [3.05, 3.63) is 23.8 Å². The normalized spacial score (nSPS) is 17.3. The maximum atomic E-state index is 12.5. The molecule has 0 spiro atoms. The Bertz CT molecular complexity index is 460. The van der Waals surface area contributed by atoms with Crippen LogP contribution in [0.2, 0.25) is 0 Å². The molecule has 1 fully saturated rings. The van der Waals surface area contributed by atoms with Gasteiger partial charge in [-0.2, -0.15) is 0 Å². The first-order chi connectivity index (χ1) is 9.67. The van der Waals surface area contributed by atoms with Gasteiger partial charge in [0.25, 0.3) is 5.91 Å². The van der Waals surface area contributed by atoms with E-state index < -0.39 is 0 Å². The molecule has 21 heavy (non-hydrogen) atoms. The average molecular weight is 315 g/mol. The number of nitrogens with zero attached hydrogens (tertiary/aromatic N) is 1. The van der Waals surface area contributed by atoms with Crippen molar-refractivity contribution in [1.82, 2.24) is 10.2 Å². The Labute approximate surface area is 132 Å². The summed E-state index contributed by atoms with van der Waals surface area (Å²) in [6, 6.07) is 5.29. The van der Waals surface area contributed by atoms with Gasteiger partial charge in [-0.05, 0) is 38.1 Å². The highest BCUT2D eigenvalue weighted by atomic mass is 35.5. The zero-order valence-corrected chi connectivity index (χ0v) is 13.5. The average Bonchev–Trinajstić information content (AvgIpc) is 2.94. The molecule has 5 nitrogen and oxygen atoms in total. The van der Waals surface area contributed by atoms with Gasteiger partial charge in [0.2, 0.25) is 0 Å². The first-order valence-electron chi connectivity index (χ1n) is 6.85. The zero-order valence-electron chi connectivity index (χ0n) is 12.7. The van der Waals surface area contributed by atoms with E-state index >= 15 is 0 Å². The molecule has 0 radical (unpaired) electrons. The zero-order chi connectivity index (χ0) is 14.5. The molecule has 118 valence electrons. The predicted octanol–water partition coefficient (Wildman–Crippen LogP) is 1.81. The Hall–Kier alpha value is -1.46. The summed E-state index contributed by atoms with van der Waals surface area (Å²) in [5.41, 5.74) is 0.617. The number of rotatable bonds is 5. The summed E-state index contributed by atoms with van der Waals surface area (Å²) < 4.78 is 10.4. The van der Waals surface area contributed by atoms with Gasteiger partial charge in [0.1, 0.15) is 11.5 Å². The summed E-state index contributed by atoms with van der Waals surface area (Å²) in [5.74, 6) is 1.86. The number of nitrogens with one attached hydrogen (secondary N) is 1. The first kappa shape index (κ1) is 17.6. The van der Waals surface area contributed by atoms with Crippen molar-refractivity contribution >= 4 is 18.3 Å².